The molecule has 0 fully saturated rings. The van der Waals surface area contributed by atoms with Gasteiger partial charge >= 0.3 is 5.97 Å². The number of carbonyl (C=O) groups excluding carboxylic acids is 1. The van der Waals surface area contributed by atoms with E-state index in [4.69, 9.17) is 14.2 Å². The second-order valence-electron chi connectivity index (χ2n) is 3.44. The lowest BCUT2D eigenvalue weighted by molar-refractivity contribution is -0.135. The van der Waals surface area contributed by atoms with Crippen LogP contribution in [0.15, 0.2) is 16.6 Å². The molecule has 0 unspecified atom stereocenters. The van der Waals surface area contributed by atoms with Crippen molar-refractivity contribution < 1.29 is 23.7 Å². The molecule has 0 aliphatic heterocycles. The van der Waals surface area contributed by atoms with E-state index in [0.29, 0.717) is 27.3 Å². The summed E-state index contributed by atoms with van der Waals surface area (Å²) in [7, 11) is 5.90. The van der Waals surface area contributed by atoms with E-state index >= 15 is 0 Å². The summed E-state index contributed by atoms with van der Waals surface area (Å²) in [4.78, 5) is 11.3. The second-order valence-corrected chi connectivity index (χ2v) is 4.30. The zero-order valence-corrected chi connectivity index (χ0v) is 12.7. The second kappa shape index (κ2) is 7.04. The molecule has 0 saturated carbocycles. The van der Waals surface area contributed by atoms with Crippen LogP contribution in [0.5, 0.6) is 17.2 Å². The van der Waals surface area contributed by atoms with Gasteiger partial charge in [0, 0.05) is 0 Å². The van der Waals surface area contributed by atoms with Crippen molar-refractivity contribution in [2.75, 3.05) is 28.4 Å². The average Bonchev–Trinajstić information content (AvgIpc) is 2.44. The van der Waals surface area contributed by atoms with Crippen molar-refractivity contribution in [3.8, 4) is 17.2 Å². The highest BCUT2D eigenvalue weighted by Crippen LogP contribution is 2.38. The molecule has 1 aromatic rings. The molecule has 19 heavy (non-hydrogen) atoms. The van der Waals surface area contributed by atoms with Crippen LogP contribution in [-0.2, 0) is 9.53 Å². The van der Waals surface area contributed by atoms with Gasteiger partial charge in [-0.15, -0.1) is 0 Å². The van der Waals surface area contributed by atoms with Gasteiger partial charge in [-0.3, -0.25) is 0 Å². The molecule has 5 nitrogen and oxygen atoms in total. The quantitative estimate of drug-likeness (QED) is 0.613. The summed E-state index contributed by atoms with van der Waals surface area (Å²) >= 11 is 3.14. The number of hydrogen-bond donors (Lipinski definition) is 0. The Morgan fingerprint density at radius 1 is 1.05 bits per heavy atom. The molecule has 0 radical (unpaired) electrons. The van der Waals surface area contributed by atoms with Gasteiger partial charge in [0.05, 0.1) is 28.4 Å². The average molecular weight is 331 g/mol. The molecule has 0 bridgehead atoms. The van der Waals surface area contributed by atoms with Gasteiger partial charge in [-0.05, 0) is 39.7 Å². The van der Waals surface area contributed by atoms with Crippen LogP contribution in [0, 0.1) is 0 Å². The summed E-state index contributed by atoms with van der Waals surface area (Å²) in [5, 5.41) is 0. The largest absolute Gasteiger partial charge is 0.493 e. The third kappa shape index (κ3) is 3.64. The molecule has 0 N–H and O–H groups in total. The molecule has 0 atom stereocenters. The van der Waals surface area contributed by atoms with Gasteiger partial charge in [-0.25, -0.2) is 4.79 Å². The van der Waals surface area contributed by atoms with Crippen molar-refractivity contribution in [1.29, 1.82) is 0 Å². The Labute approximate surface area is 120 Å². The zero-order valence-electron chi connectivity index (χ0n) is 11.2. The zero-order chi connectivity index (χ0) is 14.4. The van der Waals surface area contributed by atoms with Gasteiger partial charge in [0.15, 0.2) is 11.5 Å². The lowest BCUT2D eigenvalue weighted by atomic mass is 10.1. The van der Waals surface area contributed by atoms with Crippen molar-refractivity contribution in [1.82, 2.24) is 0 Å². The summed E-state index contributed by atoms with van der Waals surface area (Å²) < 4.78 is 20.6. The molecule has 0 amide bonds. The maximum Gasteiger partial charge on any atom is 0.344 e. The summed E-state index contributed by atoms with van der Waals surface area (Å²) in [5.74, 6) is 1.06. The highest BCUT2D eigenvalue weighted by molar-refractivity contribution is 9.12. The number of rotatable bonds is 5. The minimum absolute atomic E-state index is 0.296. The topological polar surface area (TPSA) is 54.0 Å². The van der Waals surface area contributed by atoms with Gasteiger partial charge in [-0.1, -0.05) is 0 Å². The van der Waals surface area contributed by atoms with E-state index in [0.717, 1.165) is 0 Å². The molecular weight excluding hydrogens is 316 g/mol. The molecule has 0 saturated heterocycles. The van der Waals surface area contributed by atoms with Crippen molar-refractivity contribution in [2.24, 2.45) is 0 Å². The Hall–Kier alpha value is -1.69. The molecule has 0 heterocycles. The van der Waals surface area contributed by atoms with Gasteiger partial charge in [0.2, 0.25) is 5.75 Å². The van der Waals surface area contributed by atoms with Gasteiger partial charge in [0.1, 0.15) is 4.48 Å². The first-order valence-corrected chi connectivity index (χ1v) is 6.12. The monoisotopic (exact) mass is 330 g/mol. The maximum atomic E-state index is 11.3. The molecule has 0 spiro atoms. The fourth-order valence-electron chi connectivity index (χ4n) is 1.49. The van der Waals surface area contributed by atoms with Crippen LogP contribution < -0.4 is 14.2 Å². The molecule has 0 aliphatic carbocycles. The van der Waals surface area contributed by atoms with Crippen molar-refractivity contribution in [2.45, 2.75) is 0 Å². The van der Waals surface area contributed by atoms with Crippen LogP contribution in [0.4, 0.5) is 0 Å². The van der Waals surface area contributed by atoms with Crippen LogP contribution >= 0.6 is 15.9 Å². The first-order valence-electron chi connectivity index (χ1n) is 5.32. The maximum absolute atomic E-state index is 11.3. The van der Waals surface area contributed by atoms with Crippen LogP contribution in [-0.4, -0.2) is 34.4 Å². The predicted octanol–water partition coefficient (Wildman–Crippen LogP) is 2.62. The fraction of sp³-hybridized carbons (Fsp3) is 0.308. The lowest BCUT2D eigenvalue weighted by Gasteiger charge is -2.13. The van der Waals surface area contributed by atoms with Crippen molar-refractivity contribution >= 4 is 28.0 Å². The lowest BCUT2D eigenvalue weighted by Crippen LogP contribution is -1.99. The normalized spacial score (nSPS) is 10.9. The predicted molar refractivity (Wildman–Crippen MR) is 75.0 cm³/mol. The van der Waals surface area contributed by atoms with E-state index in [1.165, 1.54) is 28.4 Å². The molecule has 0 aliphatic rings. The summed E-state index contributed by atoms with van der Waals surface area (Å²) in [6, 6.07) is 3.46. The van der Waals surface area contributed by atoms with Crippen LogP contribution in [0.2, 0.25) is 0 Å². The van der Waals surface area contributed by atoms with Crippen LogP contribution in [0.25, 0.3) is 6.08 Å². The van der Waals surface area contributed by atoms with Crippen LogP contribution in [0.1, 0.15) is 5.56 Å². The minimum Gasteiger partial charge on any atom is -0.493 e. The van der Waals surface area contributed by atoms with E-state index < -0.39 is 5.97 Å². The van der Waals surface area contributed by atoms with E-state index in [1.54, 1.807) is 18.2 Å². The molecule has 1 rings (SSSR count). The summed E-state index contributed by atoms with van der Waals surface area (Å²) in [5.41, 5.74) is 0.715. The van der Waals surface area contributed by atoms with E-state index in [1.807, 2.05) is 0 Å². The SMILES string of the molecule is COC(=O)/C(Br)=C/c1cc(OC)c(OC)c(OC)c1. The Balaban J connectivity index is 3.27. The number of esters is 1. The van der Waals surface area contributed by atoms with Crippen molar-refractivity contribution in [3.05, 3.63) is 22.2 Å². The molecule has 1 aromatic carbocycles. The number of methoxy groups -OCH3 is 4. The van der Waals surface area contributed by atoms with E-state index in [9.17, 15) is 4.79 Å². The third-order valence-corrected chi connectivity index (χ3v) is 2.91. The number of benzene rings is 1. The van der Waals surface area contributed by atoms with Gasteiger partial charge in [-0.2, -0.15) is 0 Å². The van der Waals surface area contributed by atoms with Gasteiger partial charge < -0.3 is 18.9 Å². The smallest absolute Gasteiger partial charge is 0.344 e. The Kier molecular flexibility index (Phi) is 5.69. The third-order valence-electron chi connectivity index (χ3n) is 2.36. The first-order chi connectivity index (χ1) is 9.07. The highest BCUT2D eigenvalue weighted by atomic mass is 79.9. The number of carbonyl (C=O) groups is 1. The standard InChI is InChI=1S/C13H15BrO5/c1-16-10-6-8(5-9(14)13(15)19-4)7-11(17-2)12(10)18-3/h5-7H,1-4H3/b9-5-. The van der Waals surface area contributed by atoms with E-state index in [-0.39, 0.29) is 0 Å². The molecular formula is C13H15BrO5. The summed E-state index contributed by atoms with van der Waals surface area (Å²) in [6.07, 6.45) is 1.61. The molecule has 6 heteroatoms. The first kappa shape index (κ1) is 15.4. The highest BCUT2D eigenvalue weighted by Gasteiger charge is 2.13. The fourth-order valence-corrected chi connectivity index (χ4v) is 1.91. The number of ether oxygens (including phenoxy) is 4. The summed E-state index contributed by atoms with van der Waals surface area (Å²) in [6.45, 7) is 0. The Morgan fingerprint density at radius 3 is 1.95 bits per heavy atom. The van der Waals surface area contributed by atoms with Gasteiger partial charge in [0.25, 0.3) is 0 Å². The van der Waals surface area contributed by atoms with E-state index in [2.05, 4.69) is 20.7 Å². The minimum atomic E-state index is -0.464. The number of hydrogen-bond acceptors (Lipinski definition) is 5. The Bertz CT molecular complexity index is 471. The number of halogens is 1. The molecule has 0 aromatic heterocycles. The molecule has 104 valence electrons. The Morgan fingerprint density at radius 2 is 1.58 bits per heavy atom. The van der Waals surface area contributed by atoms with Crippen LogP contribution in [0.3, 0.4) is 0 Å². The van der Waals surface area contributed by atoms with Crippen molar-refractivity contribution in [3.63, 3.8) is 0 Å².